The Hall–Kier alpha value is -3.54. The summed E-state index contributed by atoms with van der Waals surface area (Å²) in [7, 11) is 3.12. The van der Waals surface area contributed by atoms with Gasteiger partial charge in [0.1, 0.15) is 5.82 Å². The smallest absolute Gasteiger partial charge is 0.255 e. The van der Waals surface area contributed by atoms with Crippen molar-refractivity contribution in [1.82, 2.24) is 4.98 Å². The monoisotopic (exact) mass is 377 g/mol. The summed E-state index contributed by atoms with van der Waals surface area (Å²) in [5.41, 5.74) is 4.45. The molecule has 0 radical (unpaired) electrons. The van der Waals surface area contributed by atoms with Gasteiger partial charge < -0.3 is 20.1 Å². The van der Waals surface area contributed by atoms with Gasteiger partial charge in [0.25, 0.3) is 5.91 Å². The average Bonchev–Trinajstić information content (AvgIpc) is 2.71. The number of aromatic nitrogens is 1. The standard InChI is InChI=1S/C22H23N3O3/c1-14-5-6-17(11-15(14)2)24-21-12-16(9-10-23-21)22(26)25-18-7-8-19(27-3)20(13-18)28-4/h5-13H,1-4H3,(H,23,24)(H,25,26). The third-order valence-corrected chi connectivity index (χ3v) is 4.44. The molecule has 1 amide bonds. The SMILES string of the molecule is COc1ccc(NC(=O)c2ccnc(Nc3ccc(C)c(C)c3)c2)cc1OC. The average molecular weight is 377 g/mol. The van der Waals surface area contributed by atoms with E-state index < -0.39 is 0 Å². The number of hydrogen-bond donors (Lipinski definition) is 2. The van der Waals surface area contributed by atoms with Gasteiger partial charge in [-0.2, -0.15) is 0 Å². The third-order valence-electron chi connectivity index (χ3n) is 4.44. The maximum Gasteiger partial charge on any atom is 0.255 e. The Kier molecular flexibility index (Phi) is 5.79. The molecule has 0 unspecified atom stereocenters. The van der Waals surface area contributed by atoms with Crippen molar-refractivity contribution in [3.63, 3.8) is 0 Å². The van der Waals surface area contributed by atoms with Crippen LogP contribution in [0.5, 0.6) is 11.5 Å². The van der Waals surface area contributed by atoms with E-state index in [9.17, 15) is 4.79 Å². The van der Waals surface area contributed by atoms with Gasteiger partial charge in [-0.1, -0.05) is 6.07 Å². The summed E-state index contributed by atoms with van der Waals surface area (Å²) >= 11 is 0. The van der Waals surface area contributed by atoms with Crippen LogP contribution < -0.4 is 20.1 Å². The Morgan fingerprint density at radius 3 is 2.32 bits per heavy atom. The number of carbonyl (C=O) groups is 1. The van der Waals surface area contributed by atoms with Crippen molar-refractivity contribution in [3.8, 4) is 11.5 Å². The van der Waals surface area contributed by atoms with E-state index >= 15 is 0 Å². The second-order valence-electron chi connectivity index (χ2n) is 6.38. The number of aryl methyl sites for hydroxylation is 2. The molecular formula is C22H23N3O3. The van der Waals surface area contributed by atoms with E-state index in [2.05, 4.69) is 29.5 Å². The van der Waals surface area contributed by atoms with Crippen LogP contribution in [0.3, 0.4) is 0 Å². The molecule has 3 rings (SSSR count). The molecule has 144 valence electrons. The normalized spacial score (nSPS) is 10.3. The van der Waals surface area contributed by atoms with E-state index in [1.54, 1.807) is 50.7 Å². The lowest BCUT2D eigenvalue weighted by atomic mass is 10.1. The molecule has 6 heteroatoms. The first-order valence-electron chi connectivity index (χ1n) is 8.84. The molecule has 1 aromatic heterocycles. The lowest BCUT2D eigenvalue weighted by Gasteiger charge is -2.11. The molecule has 2 aromatic carbocycles. The second kappa shape index (κ2) is 8.43. The van der Waals surface area contributed by atoms with Crippen LogP contribution in [0.15, 0.2) is 54.7 Å². The van der Waals surface area contributed by atoms with Crippen molar-refractivity contribution in [2.45, 2.75) is 13.8 Å². The highest BCUT2D eigenvalue weighted by molar-refractivity contribution is 6.04. The van der Waals surface area contributed by atoms with Gasteiger partial charge in [0, 0.05) is 29.2 Å². The number of amides is 1. The van der Waals surface area contributed by atoms with Crippen LogP contribution >= 0.6 is 0 Å². The molecule has 0 saturated carbocycles. The first-order valence-corrected chi connectivity index (χ1v) is 8.84. The van der Waals surface area contributed by atoms with Gasteiger partial charge in [0.2, 0.25) is 0 Å². The lowest BCUT2D eigenvalue weighted by Crippen LogP contribution is -2.12. The number of benzene rings is 2. The maximum atomic E-state index is 12.6. The highest BCUT2D eigenvalue weighted by Gasteiger charge is 2.10. The van der Waals surface area contributed by atoms with Crippen LogP contribution in [-0.4, -0.2) is 25.1 Å². The highest BCUT2D eigenvalue weighted by atomic mass is 16.5. The first-order chi connectivity index (χ1) is 13.5. The first kappa shape index (κ1) is 19.2. The lowest BCUT2D eigenvalue weighted by molar-refractivity contribution is 0.102. The number of nitrogens with one attached hydrogen (secondary N) is 2. The van der Waals surface area contributed by atoms with Gasteiger partial charge in [0.05, 0.1) is 14.2 Å². The fourth-order valence-electron chi connectivity index (χ4n) is 2.72. The van der Waals surface area contributed by atoms with Crippen LogP contribution in [0, 0.1) is 13.8 Å². The Morgan fingerprint density at radius 2 is 1.61 bits per heavy atom. The van der Waals surface area contributed by atoms with Crippen molar-refractivity contribution in [1.29, 1.82) is 0 Å². The number of nitrogens with zero attached hydrogens (tertiary/aromatic N) is 1. The number of methoxy groups -OCH3 is 2. The number of rotatable bonds is 6. The molecule has 6 nitrogen and oxygen atoms in total. The Morgan fingerprint density at radius 1 is 0.857 bits per heavy atom. The van der Waals surface area contributed by atoms with Crippen LogP contribution in [-0.2, 0) is 0 Å². The number of anilines is 3. The van der Waals surface area contributed by atoms with Gasteiger partial charge >= 0.3 is 0 Å². The summed E-state index contributed by atoms with van der Waals surface area (Å²) in [6.07, 6.45) is 1.60. The molecular weight excluding hydrogens is 354 g/mol. The quantitative estimate of drug-likeness (QED) is 0.651. The third kappa shape index (κ3) is 4.40. The molecule has 0 aliphatic rings. The molecule has 0 aliphatic carbocycles. The number of carbonyl (C=O) groups excluding carboxylic acids is 1. The van der Waals surface area contributed by atoms with E-state index in [-0.39, 0.29) is 5.91 Å². The number of pyridine rings is 1. The fraction of sp³-hybridized carbons (Fsp3) is 0.182. The maximum absolute atomic E-state index is 12.6. The number of ether oxygens (including phenoxy) is 2. The zero-order chi connectivity index (χ0) is 20.1. The molecule has 0 saturated heterocycles. The molecule has 28 heavy (non-hydrogen) atoms. The Balaban J connectivity index is 1.76. The summed E-state index contributed by atoms with van der Waals surface area (Å²) in [5, 5.41) is 6.10. The second-order valence-corrected chi connectivity index (χ2v) is 6.38. The van der Waals surface area contributed by atoms with Crippen LogP contribution in [0.25, 0.3) is 0 Å². The molecule has 2 N–H and O–H groups in total. The van der Waals surface area contributed by atoms with E-state index in [1.165, 1.54) is 11.1 Å². The molecule has 0 fully saturated rings. The summed E-state index contributed by atoms with van der Waals surface area (Å²) in [6, 6.07) is 14.7. The van der Waals surface area contributed by atoms with Gasteiger partial charge in [-0.05, 0) is 61.4 Å². The number of hydrogen-bond acceptors (Lipinski definition) is 5. The van der Waals surface area contributed by atoms with E-state index in [4.69, 9.17) is 9.47 Å². The highest BCUT2D eigenvalue weighted by Crippen LogP contribution is 2.30. The van der Waals surface area contributed by atoms with Crippen molar-refractivity contribution in [3.05, 3.63) is 71.4 Å². The summed E-state index contributed by atoms with van der Waals surface area (Å²) in [6.45, 7) is 4.12. The Bertz CT molecular complexity index is 1000. The molecule has 0 spiro atoms. The molecule has 0 bridgehead atoms. The topological polar surface area (TPSA) is 72.5 Å². The Labute approximate surface area is 164 Å². The van der Waals surface area contributed by atoms with Crippen molar-refractivity contribution in [2.24, 2.45) is 0 Å². The minimum Gasteiger partial charge on any atom is -0.493 e. The van der Waals surface area contributed by atoms with Gasteiger partial charge in [-0.15, -0.1) is 0 Å². The van der Waals surface area contributed by atoms with Crippen LogP contribution in [0.1, 0.15) is 21.5 Å². The van der Waals surface area contributed by atoms with Gasteiger partial charge in [-0.3, -0.25) is 4.79 Å². The molecule has 0 atom stereocenters. The summed E-state index contributed by atoms with van der Waals surface area (Å²) < 4.78 is 10.5. The minimum atomic E-state index is -0.238. The summed E-state index contributed by atoms with van der Waals surface area (Å²) in [4.78, 5) is 16.9. The zero-order valence-corrected chi connectivity index (χ0v) is 16.4. The molecule has 3 aromatic rings. The van der Waals surface area contributed by atoms with Crippen molar-refractivity contribution < 1.29 is 14.3 Å². The van der Waals surface area contributed by atoms with Crippen LogP contribution in [0.2, 0.25) is 0 Å². The largest absolute Gasteiger partial charge is 0.493 e. The van der Waals surface area contributed by atoms with Gasteiger partial charge in [0.15, 0.2) is 11.5 Å². The zero-order valence-electron chi connectivity index (χ0n) is 16.4. The van der Waals surface area contributed by atoms with Crippen molar-refractivity contribution in [2.75, 3.05) is 24.9 Å². The predicted octanol–water partition coefficient (Wildman–Crippen LogP) is 4.71. The summed E-state index contributed by atoms with van der Waals surface area (Å²) in [5.74, 6) is 1.51. The van der Waals surface area contributed by atoms with Crippen molar-refractivity contribution >= 4 is 23.1 Å². The molecule has 1 heterocycles. The van der Waals surface area contributed by atoms with Crippen LogP contribution in [0.4, 0.5) is 17.2 Å². The predicted molar refractivity (Wildman–Crippen MR) is 111 cm³/mol. The van der Waals surface area contributed by atoms with Gasteiger partial charge in [-0.25, -0.2) is 4.98 Å². The minimum absolute atomic E-state index is 0.238. The van der Waals surface area contributed by atoms with E-state index in [0.29, 0.717) is 28.6 Å². The fourth-order valence-corrected chi connectivity index (χ4v) is 2.72. The van der Waals surface area contributed by atoms with E-state index in [0.717, 1.165) is 5.69 Å². The van der Waals surface area contributed by atoms with E-state index in [1.807, 2.05) is 18.2 Å². The molecule has 0 aliphatic heterocycles.